The van der Waals surface area contributed by atoms with Crippen LogP contribution in [0.2, 0.25) is 0 Å². The molecule has 0 aliphatic carbocycles. The quantitative estimate of drug-likeness (QED) is 0.128. The van der Waals surface area contributed by atoms with E-state index in [9.17, 15) is 18.4 Å². The molecule has 0 amide bonds. The van der Waals surface area contributed by atoms with Gasteiger partial charge in [0.1, 0.15) is 24.7 Å². The van der Waals surface area contributed by atoms with Gasteiger partial charge in [-0.05, 0) is 41.3 Å². The first-order chi connectivity index (χ1) is 19.7. The van der Waals surface area contributed by atoms with Gasteiger partial charge in [-0.2, -0.15) is 0 Å². The molecule has 0 N–H and O–H groups in total. The molecule has 0 aliphatic rings. The SMILES string of the molecule is COc1cc(OCCOc2no[n+]([O-])c2S(=O)(=O)c2ccccc2)cc(C(=O)c2cc(OC)c(OC)c(OC)c2)c1. The monoisotopic (exact) mass is 586 g/mol. The zero-order chi connectivity index (χ0) is 29.6. The van der Waals surface area contributed by atoms with Crippen molar-refractivity contribution in [3.05, 3.63) is 77.0 Å². The maximum absolute atomic E-state index is 13.4. The van der Waals surface area contributed by atoms with Gasteiger partial charge >= 0.3 is 10.9 Å². The van der Waals surface area contributed by atoms with Crippen molar-refractivity contribution >= 4 is 15.6 Å². The van der Waals surface area contributed by atoms with Crippen molar-refractivity contribution in [2.45, 2.75) is 9.92 Å². The van der Waals surface area contributed by atoms with Crippen LogP contribution in [0.25, 0.3) is 0 Å². The molecule has 4 rings (SSSR count). The molecule has 0 aliphatic heterocycles. The molecular formula is C27H26N2O11S. The highest BCUT2D eigenvalue weighted by Crippen LogP contribution is 2.39. The Balaban J connectivity index is 1.50. The van der Waals surface area contributed by atoms with Gasteiger partial charge in [-0.15, -0.1) is 0 Å². The number of ketones is 1. The van der Waals surface area contributed by atoms with Crippen LogP contribution in [0.5, 0.6) is 34.6 Å². The van der Waals surface area contributed by atoms with Crippen LogP contribution >= 0.6 is 0 Å². The van der Waals surface area contributed by atoms with E-state index >= 15 is 0 Å². The molecule has 0 atom stereocenters. The normalized spacial score (nSPS) is 11.0. The molecular weight excluding hydrogens is 560 g/mol. The third-order valence-corrected chi connectivity index (χ3v) is 7.48. The molecule has 3 aromatic carbocycles. The van der Waals surface area contributed by atoms with E-state index in [1.807, 2.05) is 0 Å². The highest BCUT2D eigenvalue weighted by molar-refractivity contribution is 7.91. The number of carbonyl (C=O) groups is 1. The first-order valence-electron chi connectivity index (χ1n) is 11.9. The fourth-order valence-corrected chi connectivity index (χ4v) is 5.12. The highest BCUT2D eigenvalue weighted by Gasteiger charge is 2.35. The molecule has 41 heavy (non-hydrogen) atoms. The van der Waals surface area contributed by atoms with Gasteiger partial charge < -0.3 is 33.6 Å². The number of hydrogen-bond acceptors (Lipinski definition) is 12. The summed E-state index contributed by atoms with van der Waals surface area (Å²) in [5.41, 5.74) is 0.515. The fraction of sp³-hybridized carbons (Fsp3) is 0.222. The first-order valence-corrected chi connectivity index (χ1v) is 13.4. The summed E-state index contributed by atoms with van der Waals surface area (Å²) in [4.78, 5) is 13.0. The summed E-state index contributed by atoms with van der Waals surface area (Å²) < 4.78 is 62.7. The van der Waals surface area contributed by atoms with Gasteiger partial charge in [0.25, 0.3) is 9.84 Å². The lowest BCUT2D eigenvalue weighted by Gasteiger charge is -2.14. The number of hydrogen-bond donors (Lipinski definition) is 0. The van der Waals surface area contributed by atoms with Crippen LogP contribution in [0.3, 0.4) is 0 Å². The smallest absolute Gasteiger partial charge is 0.415 e. The molecule has 1 aromatic heterocycles. The third-order valence-electron chi connectivity index (χ3n) is 5.75. The Kier molecular flexibility index (Phi) is 8.82. The molecule has 0 unspecified atom stereocenters. The standard InChI is InChI=1S/C27H26N2O11S/c1-34-19-12-17(24(30)18-14-22(35-2)25(37-4)23(15-18)36-3)13-20(16-19)38-10-11-39-26-27(29(31)40-28-26)41(32,33)21-8-6-5-7-9-21/h5-9,12-16H,10-11H2,1-4H3. The van der Waals surface area contributed by atoms with E-state index in [-0.39, 0.29) is 45.7 Å². The zero-order valence-electron chi connectivity index (χ0n) is 22.5. The van der Waals surface area contributed by atoms with Gasteiger partial charge in [-0.1, -0.05) is 18.2 Å². The topological polar surface area (TPSA) is 160 Å². The molecule has 14 heteroatoms. The van der Waals surface area contributed by atoms with Crippen molar-refractivity contribution < 1.29 is 51.2 Å². The summed E-state index contributed by atoms with van der Waals surface area (Å²) in [5.74, 6) is 0.689. The molecule has 0 saturated heterocycles. The Morgan fingerprint density at radius 2 is 1.44 bits per heavy atom. The fourth-order valence-electron chi connectivity index (χ4n) is 3.82. The third kappa shape index (κ3) is 6.11. The van der Waals surface area contributed by atoms with Crippen molar-refractivity contribution in [1.82, 2.24) is 5.16 Å². The largest absolute Gasteiger partial charge is 0.497 e. The molecule has 0 spiro atoms. The van der Waals surface area contributed by atoms with Crippen LogP contribution in [0.1, 0.15) is 15.9 Å². The second-order valence-corrected chi connectivity index (χ2v) is 10.1. The van der Waals surface area contributed by atoms with Crippen molar-refractivity contribution in [2.75, 3.05) is 41.7 Å². The summed E-state index contributed by atoms with van der Waals surface area (Å²) in [6, 6.07) is 15.0. The molecule has 4 aromatic rings. The van der Waals surface area contributed by atoms with Crippen LogP contribution in [-0.4, -0.2) is 61.0 Å². The lowest BCUT2D eigenvalue weighted by atomic mass is 10.0. The average Bonchev–Trinajstić information content (AvgIpc) is 3.38. The van der Waals surface area contributed by atoms with E-state index in [0.717, 1.165) is 0 Å². The number of sulfone groups is 1. The van der Waals surface area contributed by atoms with Crippen molar-refractivity contribution in [3.63, 3.8) is 0 Å². The summed E-state index contributed by atoms with van der Waals surface area (Å²) in [5, 5.41) is 14.7. The summed E-state index contributed by atoms with van der Waals surface area (Å²) in [7, 11) is 1.53. The Bertz CT molecular complexity index is 1610. The second kappa shape index (κ2) is 12.5. The molecule has 0 fully saturated rings. The van der Waals surface area contributed by atoms with E-state index < -0.39 is 20.7 Å². The average molecular weight is 587 g/mol. The number of methoxy groups -OCH3 is 4. The maximum atomic E-state index is 13.4. The van der Waals surface area contributed by atoms with E-state index in [4.69, 9.17) is 28.4 Å². The number of carbonyl (C=O) groups excluding carboxylic acids is 1. The number of rotatable bonds is 13. The number of benzene rings is 3. The molecule has 216 valence electrons. The summed E-state index contributed by atoms with van der Waals surface area (Å²) in [6.07, 6.45) is 0. The first kappa shape index (κ1) is 29.0. The molecule has 1 heterocycles. The minimum Gasteiger partial charge on any atom is -0.497 e. The molecule has 0 saturated carbocycles. The van der Waals surface area contributed by atoms with Crippen molar-refractivity contribution in [3.8, 4) is 34.6 Å². The van der Waals surface area contributed by atoms with E-state index in [2.05, 4.69) is 9.79 Å². The van der Waals surface area contributed by atoms with Crippen LogP contribution < -0.4 is 33.3 Å². The van der Waals surface area contributed by atoms with Gasteiger partial charge in [-0.25, -0.2) is 8.42 Å². The number of aromatic nitrogens is 2. The lowest BCUT2D eigenvalue weighted by Crippen LogP contribution is -2.31. The predicted octanol–water partition coefficient (Wildman–Crippen LogP) is 2.86. The Hall–Kier alpha value is -4.98. The number of ether oxygens (including phenoxy) is 6. The van der Waals surface area contributed by atoms with Crippen LogP contribution in [0.15, 0.2) is 75.2 Å². The van der Waals surface area contributed by atoms with E-state index in [0.29, 0.717) is 23.0 Å². The van der Waals surface area contributed by atoms with Crippen molar-refractivity contribution in [1.29, 1.82) is 0 Å². The van der Waals surface area contributed by atoms with Crippen LogP contribution in [0, 0.1) is 5.21 Å². The molecule has 13 nitrogen and oxygen atoms in total. The van der Waals surface area contributed by atoms with Crippen LogP contribution in [-0.2, 0) is 9.84 Å². The molecule has 0 bridgehead atoms. The van der Waals surface area contributed by atoms with Crippen LogP contribution in [0.4, 0.5) is 0 Å². The lowest BCUT2D eigenvalue weighted by molar-refractivity contribution is -0.832. The van der Waals surface area contributed by atoms with E-state index in [1.54, 1.807) is 12.1 Å². The summed E-state index contributed by atoms with van der Waals surface area (Å²) >= 11 is 0. The summed E-state index contributed by atoms with van der Waals surface area (Å²) in [6.45, 7) is -0.321. The molecule has 0 radical (unpaired) electrons. The highest BCUT2D eigenvalue weighted by atomic mass is 32.2. The maximum Gasteiger partial charge on any atom is 0.415 e. The Morgan fingerprint density at radius 3 is 2.05 bits per heavy atom. The van der Waals surface area contributed by atoms with Gasteiger partial charge in [0, 0.05) is 17.2 Å². The second-order valence-electron chi connectivity index (χ2n) is 8.19. The minimum atomic E-state index is -4.26. The minimum absolute atomic E-state index is 0.110. The van der Waals surface area contributed by atoms with Gasteiger partial charge in [-0.3, -0.25) is 9.42 Å². The Labute approximate surface area is 235 Å². The van der Waals surface area contributed by atoms with Gasteiger partial charge in [0.05, 0.1) is 38.5 Å². The Morgan fingerprint density at radius 1 is 0.829 bits per heavy atom. The van der Waals surface area contributed by atoms with E-state index in [1.165, 1.54) is 77.0 Å². The number of nitrogens with zero attached hydrogens (tertiary/aromatic N) is 2. The zero-order valence-corrected chi connectivity index (χ0v) is 23.3. The van der Waals surface area contributed by atoms with Gasteiger partial charge in [0.2, 0.25) is 5.75 Å². The predicted molar refractivity (Wildman–Crippen MR) is 141 cm³/mol. The van der Waals surface area contributed by atoms with Gasteiger partial charge in [0.15, 0.2) is 17.3 Å². The van der Waals surface area contributed by atoms with Crippen molar-refractivity contribution in [2.24, 2.45) is 0 Å².